The maximum atomic E-state index is 11.0. The average Bonchev–Trinajstić information content (AvgIpc) is 2.77. The quantitative estimate of drug-likeness (QED) is 0.833. The largest absolute Gasteiger partial charge is 0.480 e. The fraction of sp³-hybridized carbons (Fsp3) is 0.300. The van der Waals surface area contributed by atoms with Crippen molar-refractivity contribution in [2.45, 2.75) is 6.04 Å². The van der Waals surface area contributed by atoms with Gasteiger partial charge in [0, 0.05) is 7.11 Å². The number of aromatic nitrogens is 2. The van der Waals surface area contributed by atoms with E-state index in [4.69, 9.17) is 9.84 Å². The maximum Gasteiger partial charge on any atom is 0.328 e. The summed E-state index contributed by atoms with van der Waals surface area (Å²) >= 11 is 1.48. The van der Waals surface area contributed by atoms with Gasteiger partial charge in [0.15, 0.2) is 0 Å². The van der Waals surface area contributed by atoms with Crippen LogP contribution in [0.4, 0.5) is 5.82 Å². The summed E-state index contributed by atoms with van der Waals surface area (Å²) in [7, 11) is 1.46. The van der Waals surface area contributed by atoms with Crippen LogP contribution < -0.4 is 5.32 Å². The first-order chi connectivity index (χ1) is 8.22. The highest BCUT2D eigenvalue weighted by Gasteiger charge is 2.18. The monoisotopic (exact) mass is 253 g/mol. The molecule has 0 bridgehead atoms. The Kier molecular flexibility index (Phi) is 3.50. The van der Waals surface area contributed by atoms with Gasteiger partial charge in [0.1, 0.15) is 23.0 Å². The summed E-state index contributed by atoms with van der Waals surface area (Å²) in [6.07, 6.45) is 1.41. The Morgan fingerprint density at radius 1 is 1.65 bits per heavy atom. The third kappa shape index (κ3) is 2.51. The zero-order valence-electron chi connectivity index (χ0n) is 9.08. The summed E-state index contributed by atoms with van der Waals surface area (Å²) in [5.74, 6) is -0.463. The molecule has 0 amide bonds. The van der Waals surface area contributed by atoms with Crippen LogP contribution in [-0.4, -0.2) is 40.8 Å². The fourth-order valence-corrected chi connectivity index (χ4v) is 2.14. The van der Waals surface area contributed by atoms with Crippen LogP contribution in [0.2, 0.25) is 0 Å². The van der Waals surface area contributed by atoms with Crippen LogP contribution >= 0.6 is 11.3 Å². The van der Waals surface area contributed by atoms with Gasteiger partial charge in [0.2, 0.25) is 0 Å². The standard InChI is InChI=1S/C10H11N3O3S/c1-16-4-7(10(14)15)13-8-6-2-3-17-9(6)12-5-11-8/h2-3,5,7H,4H2,1H3,(H,14,15)(H,11,12,13). The van der Waals surface area contributed by atoms with Gasteiger partial charge in [-0.2, -0.15) is 0 Å². The van der Waals surface area contributed by atoms with Gasteiger partial charge in [0.05, 0.1) is 12.0 Å². The number of aliphatic carboxylic acids is 1. The van der Waals surface area contributed by atoms with E-state index in [9.17, 15) is 4.79 Å². The van der Waals surface area contributed by atoms with Crippen LogP contribution in [0, 0.1) is 0 Å². The van der Waals surface area contributed by atoms with E-state index >= 15 is 0 Å². The number of nitrogens with one attached hydrogen (secondary N) is 1. The minimum atomic E-state index is -0.978. The summed E-state index contributed by atoms with van der Waals surface area (Å²) in [6, 6.07) is 1.03. The molecule has 0 aromatic carbocycles. The Hall–Kier alpha value is -1.73. The number of hydrogen-bond acceptors (Lipinski definition) is 6. The van der Waals surface area contributed by atoms with Crippen molar-refractivity contribution in [3.63, 3.8) is 0 Å². The molecule has 2 heterocycles. The highest BCUT2D eigenvalue weighted by Crippen LogP contribution is 2.24. The second-order valence-electron chi connectivity index (χ2n) is 3.35. The Morgan fingerprint density at radius 2 is 2.47 bits per heavy atom. The second-order valence-corrected chi connectivity index (χ2v) is 4.25. The summed E-state index contributed by atoms with van der Waals surface area (Å²) in [6.45, 7) is 0.0744. The van der Waals surface area contributed by atoms with Crippen LogP contribution in [0.15, 0.2) is 17.8 Å². The lowest BCUT2D eigenvalue weighted by Gasteiger charge is -2.14. The second kappa shape index (κ2) is 5.07. The topological polar surface area (TPSA) is 84.3 Å². The van der Waals surface area contributed by atoms with Gasteiger partial charge in [-0.1, -0.05) is 0 Å². The molecule has 2 aromatic heterocycles. The smallest absolute Gasteiger partial charge is 0.328 e. The molecule has 0 spiro atoms. The molecule has 90 valence electrons. The van der Waals surface area contributed by atoms with Gasteiger partial charge in [-0.25, -0.2) is 14.8 Å². The number of hydrogen-bond donors (Lipinski definition) is 2. The van der Waals surface area contributed by atoms with Crippen molar-refractivity contribution in [1.82, 2.24) is 9.97 Å². The van der Waals surface area contributed by atoms with Gasteiger partial charge < -0.3 is 15.2 Å². The minimum Gasteiger partial charge on any atom is -0.480 e. The number of fused-ring (bicyclic) bond motifs is 1. The van der Waals surface area contributed by atoms with E-state index in [0.717, 1.165) is 10.2 Å². The maximum absolute atomic E-state index is 11.0. The average molecular weight is 253 g/mol. The number of nitrogens with zero attached hydrogens (tertiary/aromatic N) is 2. The number of rotatable bonds is 5. The van der Waals surface area contributed by atoms with Gasteiger partial charge >= 0.3 is 5.97 Å². The molecule has 0 aliphatic heterocycles. The number of methoxy groups -OCH3 is 1. The van der Waals surface area contributed by atoms with Crippen molar-refractivity contribution < 1.29 is 14.6 Å². The van der Waals surface area contributed by atoms with Gasteiger partial charge in [-0.3, -0.25) is 0 Å². The molecule has 0 saturated carbocycles. The lowest BCUT2D eigenvalue weighted by molar-refractivity contribution is -0.139. The van der Waals surface area contributed by atoms with Crippen LogP contribution in [-0.2, 0) is 9.53 Å². The SMILES string of the molecule is COCC(Nc1ncnc2sccc12)C(=O)O. The van der Waals surface area contributed by atoms with Crippen LogP contribution in [0.1, 0.15) is 0 Å². The van der Waals surface area contributed by atoms with Crippen LogP contribution in [0.5, 0.6) is 0 Å². The van der Waals surface area contributed by atoms with Gasteiger partial charge in [-0.15, -0.1) is 11.3 Å². The van der Waals surface area contributed by atoms with Crippen molar-refractivity contribution in [3.05, 3.63) is 17.8 Å². The number of thiophene rings is 1. The van der Waals surface area contributed by atoms with Crippen molar-refractivity contribution >= 4 is 33.3 Å². The predicted molar refractivity (Wildman–Crippen MR) is 64.3 cm³/mol. The highest BCUT2D eigenvalue weighted by molar-refractivity contribution is 7.16. The molecular weight excluding hydrogens is 242 g/mol. The summed E-state index contributed by atoms with van der Waals surface area (Å²) < 4.78 is 4.85. The van der Waals surface area contributed by atoms with Crippen molar-refractivity contribution in [2.75, 3.05) is 19.0 Å². The molecule has 0 aliphatic rings. The third-order valence-corrected chi connectivity index (χ3v) is 3.02. The fourth-order valence-electron chi connectivity index (χ4n) is 1.41. The van der Waals surface area contributed by atoms with Crippen molar-refractivity contribution in [2.24, 2.45) is 0 Å². The van der Waals surface area contributed by atoms with E-state index in [1.165, 1.54) is 24.8 Å². The molecule has 6 nitrogen and oxygen atoms in total. The zero-order chi connectivity index (χ0) is 12.3. The molecule has 0 radical (unpaired) electrons. The van der Waals surface area contributed by atoms with Crippen molar-refractivity contribution in [3.8, 4) is 0 Å². The van der Waals surface area contributed by atoms with Gasteiger partial charge in [0.25, 0.3) is 0 Å². The molecule has 0 fully saturated rings. The molecular formula is C10H11N3O3S. The number of carboxylic acid groups (broad SMARTS) is 1. The van der Waals surface area contributed by atoms with E-state index in [0.29, 0.717) is 5.82 Å². The normalized spacial score (nSPS) is 12.5. The van der Waals surface area contributed by atoms with E-state index in [1.807, 2.05) is 11.4 Å². The first-order valence-electron chi connectivity index (χ1n) is 4.89. The molecule has 0 saturated heterocycles. The number of carboxylic acids is 1. The van der Waals surface area contributed by atoms with Gasteiger partial charge in [-0.05, 0) is 11.4 Å². The molecule has 17 heavy (non-hydrogen) atoms. The Labute approximate surface area is 101 Å². The minimum absolute atomic E-state index is 0.0744. The zero-order valence-corrected chi connectivity index (χ0v) is 9.90. The number of anilines is 1. The molecule has 7 heteroatoms. The number of ether oxygens (including phenoxy) is 1. The lowest BCUT2D eigenvalue weighted by Crippen LogP contribution is -2.34. The first kappa shape index (κ1) is 11.7. The van der Waals surface area contributed by atoms with E-state index in [2.05, 4.69) is 15.3 Å². The predicted octanol–water partition coefficient (Wildman–Crippen LogP) is 1.20. The summed E-state index contributed by atoms with van der Waals surface area (Å²) in [5, 5.41) is 14.5. The summed E-state index contributed by atoms with van der Waals surface area (Å²) in [5.41, 5.74) is 0. The van der Waals surface area contributed by atoms with E-state index < -0.39 is 12.0 Å². The molecule has 0 aliphatic carbocycles. The molecule has 2 N–H and O–H groups in total. The first-order valence-corrected chi connectivity index (χ1v) is 5.77. The lowest BCUT2D eigenvalue weighted by atomic mass is 10.3. The summed E-state index contributed by atoms with van der Waals surface area (Å²) in [4.78, 5) is 19.9. The molecule has 2 aromatic rings. The highest BCUT2D eigenvalue weighted by atomic mass is 32.1. The molecule has 1 unspecified atom stereocenters. The van der Waals surface area contributed by atoms with E-state index in [-0.39, 0.29) is 6.61 Å². The third-order valence-electron chi connectivity index (χ3n) is 2.20. The van der Waals surface area contributed by atoms with E-state index in [1.54, 1.807) is 0 Å². The molecule has 1 atom stereocenters. The Balaban J connectivity index is 2.27. The number of carbonyl (C=O) groups is 1. The van der Waals surface area contributed by atoms with Crippen molar-refractivity contribution in [1.29, 1.82) is 0 Å². The van der Waals surface area contributed by atoms with Crippen LogP contribution in [0.3, 0.4) is 0 Å². The molecule has 2 rings (SSSR count). The Morgan fingerprint density at radius 3 is 3.18 bits per heavy atom. The van der Waals surface area contributed by atoms with Crippen LogP contribution in [0.25, 0.3) is 10.2 Å². The Bertz CT molecular complexity index is 528.